The molecule has 1 N–H and O–H groups in total. The zero-order valence-corrected chi connectivity index (χ0v) is 17.9. The van der Waals surface area contributed by atoms with Crippen LogP contribution in [0.15, 0.2) is 29.2 Å². The Balaban J connectivity index is 1.64. The van der Waals surface area contributed by atoms with Crippen LogP contribution in [0.5, 0.6) is 0 Å². The number of nitro groups is 1. The van der Waals surface area contributed by atoms with Gasteiger partial charge in [0.05, 0.1) is 36.0 Å². The lowest BCUT2D eigenvalue weighted by Gasteiger charge is -2.31. The van der Waals surface area contributed by atoms with E-state index in [4.69, 9.17) is 0 Å². The van der Waals surface area contributed by atoms with Gasteiger partial charge >= 0.3 is 5.69 Å². The van der Waals surface area contributed by atoms with Crippen LogP contribution in [0, 0.1) is 24.0 Å². The number of nitrogens with zero attached hydrogens (tertiary/aromatic N) is 4. The van der Waals surface area contributed by atoms with Gasteiger partial charge in [-0.15, -0.1) is 0 Å². The molecular weight excluding hydrogens is 394 g/mol. The Morgan fingerprint density at radius 1 is 1.17 bits per heavy atom. The van der Waals surface area contributed by atoms with Gasteiger partial charge in [0.15, 0.2) is 6.67 Å². The number of nitrogens with one attached hydrogen (secondary N) is 1. The summed E-state index contributed by atoms with van der Waals surface area (Å²) in [4.78, 5) is 12.2. The quantitative estimate of drug-likeness (QED) is 0.528. The van der Waals surface area contributed by atoms with Crippen LogP contribution in [-0.4, -0.2) is 53.6 Å². The van der Waals surface area contributed by atoms with E-state index in [-0.39, 0.29) is 5.69 Å². The SMILES string of the molecule is CCCc1ccc(S(=O)(=O)N2CC[NH+](Cn3nc(C)c([N+](=O)[O-])c3C)CC2)cc1. The molecule has 158 valence electrons. The van der Waals surface area contributed by atoms with E-state index in [1.54, 1.807) is 30.7 Å². The lowest BCUT2D eigenvalue weighted by molar-refractivity contribution is -0.926. The number of aromatic nitrogens is 2. The Bertz CT molecular complexity index is 977. The fraction of sp³-hybridized carbons (Fsp3) is 0.526. The maximum absolute atomic E-state index is 12.9. The van der Waals surface area contributed by atoms with E-state index in [9.17, 15) is 18.5 Å². The highest BCUT2D eigenvalue weighted by atomic mass is 32.2. The van der Waals surface area contributed by atoms with Crippen LogP contribution < -0.4 is 4.90 Å². The second kappa shape index (κ2) is 8.60. The van der Waals surface area contributed by atoms with Crippen LogP contribution in [0.1, 0.15) is 30.3 Å². The van der Waals surface area contributed by atoms with E-state index in [0.717, 1.165) is 23.3 Å². The molecule has 2 aromatic rings. The molecule has 1 saturated heterocycles. The zero-order valence-electron chi connectivity index (χ0n) is 17.1. The van der Waals surface area contributed by atoms with Crippen molar-refractivity contribution < 1.29 is 18.2 Å². The van der Waals surface area contributed by atoms with Gasteiger partial charge in [-0.1, -0.05) is 25.5 Å². The third kappa shape index (κ3) is 4.49. The fourth-order valence-corrected chi connectivity index (χ4v) is 5.23. The molecule has 1 aliphatic heterocycles. The van der Waals surface area contributed by atoms with E-state index >= 15 is 0 Å². The van der Waals surface area contributed by atoms with Crippen molar-refractivity contribution in [1.82, 2.24) is 14.1 Å². The largest absolute Gasteiger partial charge is 0.314 e. The number of aryl methyl sites for hydroxylation is 2. The fourth-order valence-electron chi connectivity index (χ4n) is 3.78. The van der Waals surface area contributed by atoms with Crippen LogP contribution >= 0.6 is 0 Å². The minimum absolute atomic E-state index is 0.0529. The van der Waals surface area contributed by atoms with Crippen molar-refractivity contribution in [1.29, 1.82) is 0 Å². The van der Waals surface area contributed by atoms with Crippen LogP contribution in [0.25, 0.3) is 0 Å². The number of rotatable bonds is 7. The van der Waals surface area contributed by atoms with Gasteiger partial charge in [0.25, 0.3) is 0 Å². The molecule has 0 radical (unpaired) electrons. The standard InChI is InChI=1S/C19H27N5O4S/c1-4-5-17-6-8-18(9-7-17)29(27,28)22-12-10-21(11-13-22)14-23-16(3)19(24(25)26)15(2)20-23/h6-9H,4-5,10-14H2,1-3H3/p+1. The Labute approximate surface area is 171 Å². The Morgan fingerprint density at radius 2 is 1.79 bits per heavy atom. The predicted octanol–water partition coefficient (Wildman–Crippen LogP) is 0.908. The second-order valence-corrected chi connectivity index (χ2v) is 9.42. The predicted molar refractivity (Wildman–Crippen MR) is 108 cm³/mol. The molecule has 0 aliphatic carbocycles. The van der Waals surface area contributed by atoms with Gasteiger partial charge in [-0.25, -0.2) is 13.1 Å². The highest BCUT2D eigenvalue weighted by Crippen LogP contribution is 2.21. The highest BCUT2D eigenvalue weighted by molar-refractivity contribution is 7.89. The lowest BCUT2D eigenvalue weighted by atomic mass is 10.1. The monoisotopic (exact) mass is 422 g/mol. The smallest absolute Gasteiger partial charge is 0.312 e. The summed E-state index contributed by atoms with van der Waals surface area (Å²) in [6, 6.07) is 7.14. The normalized spacial score (nSPS) is 16.2. The third-order valence-electron chi connectivity index (χ3n) is 5.43. The molecule has 0 amide bonds. The summed E-state index contributed by atoms with van der Waals surface area (Å²) in [6.07, 6.45) is 1.96. The second-order valence-electron chi connectivity index (χ2n) is 7.48. The summed E-state index contributed by atoms with van der Waals surface area (Å²) >= 11 is 0. The van der Waals surface area contributed by atoms with E-state index in [1.165, 1.54) is 4.31 Å². The maximum atomic E-state index is 12.9. The molecule has 1 fully saturated rings. The Hall–Kier alpha value is -2.30. The van der Waals surface area contributed by atoms with Crippen molar-refractivity contribution in [3.8, 4) is 0 Å². The van der Waals surface area contributed by atoms with Crippen molar-refractivity contribution in [3.05, 3.63) is 51.3 Å². The van der Waals surface area contributed by atoms with Gasteiger partial charge in [0.1, 0.15) is 11.4 Å². The molecule has 0 bridgehead atoms. The zero-order chi connectivity index (χ0) is 21.2. The van der Waals surface area contributed by atoms with Crippen LogP contribution in [0.4, 0.5) is 5.69 Å². The van der Waals surface area contributed by atoms with Gasteiger partial charge < -0.3 is 4.90 Å². The summed E-state index contributed by atoms with van der Waals surface area (Å²) in [7, 11) is -3.50. The first-order valence-electron chi connectivity index (χ1n) is 9.85. The molecule has 0 saturated carbocycles. The lowest BCUT2D eigenvalue weighted by Crippen LogP contribution is -3.14. The van der Waals surface area contributed by atoms with E-state index < -0.39 is 14.9 Å². The summed E-state index contributed by atoms with van der Waals surface area (Å²) < 4.78 is 29.0. The molecule has 1 aromatic carbocycles. The minimum atomic E-state index is -3.50. The van der Waals surface area contributed by atoms with Gasteiger partial charge in [-0.3, -0.25) is 10.1 Å². The van der Waals surface area contributed by atoms with Gasteiger partial charge in [0.2, 0.25) is 10.0 Å². The summed E-state index contributed by atoms with van der Waals surface area (Å²) in [5, 5.41) is 15.5. The first-order valence-corrected chi connectivity index (χ1v) is 11.3. The van der Waals surface area contributed by atoms with Gasteiger partial charge in [-0.2, -0.15) is 9.40 Å². The molecule has 10 heteroatoms. The van der Waals surface area contributed by atoms with Gasteiger partial charge in [-0.05, 0) is 38.0 Å². The summed E-state index contributed by atoms with van der Waals surface area (Å²) in [6.45, 7) is 7.98. The molecular formula is C19H28N5O4S+. The van der Waals surface area contributed by atoms with Crippen molar-refractivity contribution >= 4 is 15.7 Å². The van der Waals surface area contributed by atoms with E-state index in [1.807, 2.05) is 12.1 Å². The molecule has 0 unspecified atom stereocenters. The van der Waals surface area contributed by atoms with Crippen LogP contribution in [0.2, 0.25) is 0 Å². The van der Waals surface area contributed by atoms with Crippen molar-refractivity contribution in [2.75, 3.05) is 26.2 Å². The Morgan fingerprint density at radius 3 is 2.31 bits per heavy atom. The molecule has 9 nitrogen and oxygen atoms in total. The number of hydrogen-bond donors (Lipinski definition) is 1. The van der Waals surface area contributed by atoms with Crippen LogP contribution in [0.3, 0.4) is 0 Å². The number of piperazine rings is 1. The number of sulfonamides is 1. The first-order chi connectivity index (χ1) is 13.7. The number of benzene rings is 1. The summed E-state index contributed by atoms with van der Waals surface area (Å²) in [5.41, 5.74) is 2.12. The Kier molecular flexibility index (Phi) is 6.35. The molecule has 1 aromatic heterocycles. The molecule has 0 spiro atoms. The average molecular weight is 423 g/mol. The van der Waals surface area contributed by atoms with Crippen molar-refractivity contribution in [2.24, 2.45) is 0 Å². The number of hydrogen-bond acceptors (Lipinski definition) is 5. The van der Waals surface area contributed by atoms with E-state index in [0.29, 0.717) is 49.1 Å². The molecule has 29 heavy (non-hydrogen) atoms. The minimum Gasteiger partial charge on any atom is -0.314 e. The topological polar surface area (TPSA) is 103 Å². The van der Waals surface area contributed by atoms with Crippen LogP contribution in [-0.2, 0) is 23.1 Å². The molecule has 2 heterocycles. The van der Waals surface area contributed by atoms with Crippen molar-refractivity contribution in [3.63, 3.8) is 0 Å². The van der Waals surface area contributed by atoms with Gasteiger partial charge in [0, 0.05) is 0 Å². The van der Waals surface area contributed by atoms with E-state index in [2.05, 4.69) is 12.0 Å². The summed E-state index contributed by atoms with van der Waals surface area (Å²) in [5.74, 6) is 0. The third-order valence-corrected chi connectivity index (χ3v) is 7.34. The highest BCUT2D eigenvalue weighted by Gasteiger charge is 2.31. The average Bonchev–Trinajstić information content (AvgIpc) is 2.96. The molecule has 3 rings (SSSR count). The molecule has 0 atom stereocenters. The first kappa shape index (κ1) is 21.4. The maximum Gasteiger partial charge on any atom is 0.312 e. The number of quaternary nitrogens is 1. The molecule has 1 aliphatic rings. The van der Waals surface area contributed by atoms with Crippen molar-refractivity contribution in [2.45, 2.75) is 45.2 Å².